The van der Waals surface area contributed by atoms with Crippen molar-refractivity contribution in [3.05, 3.63) is 83.3 Å². The number of H-pyrrole nitrogens is 1. The average molecular weight is 437 g/mol. The van der Waals surface area contributed by atoms with Crippen LogP contribution in [0.4, 0.5) is 0 Å². The molecule has 0 aliphatic heterocycles. The van der Waals surface area contributed by atoms with E-state index in [9.17, 15) is 8.42 Å². The number of hydrogen-bond donors (Lipinski definition) is 1. The molecule has 0 aliphatic rings. The topological polar surface area (TPSA) is 71.0 Å². The number of aryl methyl sites for hydroxylation is 3. The number of aromatic amines is 1. The van der Waals surface area contributed by atoms with E-state index in [0.717, 1.165) is 39.8 Å². The van der Waals surface area contributed by atoms with Crippen molar-refractivity contribution >= 4 is 20.9 Å². The summed E-state index contributed by atoms with van der Waals surface area (Å²) in [5, 5.41) is 5.63. The van der Waals surface area contributed by atoms with E-state index in [2.05, 4.69) is 16.1 Å². The van der Waals surface area contributed by atoms with Gasteiger partial charge in [0.15, 0.2) is 0 Å². The van der Waals surface area contributed by atoms with Crippen LogP contribution in [0.25, 0.3) is 10.9 Å². The largest absolute Gasteiger partial charge is 0.361 e. The maximum Gasteiger partial charge on any atom is 0.243 e. The van der Waals surface area contributed by atoms with Crippen LogP contribution in [0.5, 0.6) is 0 Å². The van der Waals surface area contributed by atoms with Crippen LogP contribution in [0.15, 0.2) is 65.8 Å². The number of benzene rings is 2. The molecule has 7 heteroatoms. The number of nitrogens with zero attached hydrogens (tertiary/aromatic N) is 3. The van der Waals surface area contributed by atoms with Crippen LogP contribution >= 0.6 is 0 Å². The first-order chi connectivity index (χ1) is 14.9. The molecule has 0 amide bonds. The predicted molar refractivity (Wildman–Crippen MR) is 123 cm³/mol. The van der Waals surface area contributed by atoms with E-state index in [4.69, 9.17) is 0 Å². The molecule has 0 bridgehead atoms. The third kappa shape index (κ3) is 4.43. The number of nitrogens with one attached hydrogen (secondary N) is 1. The minimum Gasteiger partial charge on any atom is -0.361 e. The van der Waals surface area contributed by atoms with Crippen molar-refractivity contribution in [3.63, 3.8) is 0 Å². The summed E-state index contributed by atoms with van der Waals surface area (Å²) in [6.45, 7) is 7.29. The molecule has 31 heavy (non-hydrogen) atoms. The first-order valence-corrected chi connectivity index (χ1v) is 12.0. The zero-order valence-electron chi connectivity index (χ0n) is 18.2. The molecular weight excluding hydrogens is 408 g/mol. The SMILES string of the molecule is CCn1ccc(CN(CCc2c[nH]c3ccccc23)S(=O)(=O)c2ccc(C)c(C)c2)n1. The summed E-state index contributed by atoms with van der Waals surface area (Å²) in [7, 11) is -3.67. The molecule has 2 aromatic carbocycles. The average Bonchev–Trinajstić information content (AvgIpc) is 3.39. The number of para-hydroxylation sites is 1. The monoisotopic (exact) mass is 436 g/mol. The molecule has 0 aliphatic carbocycles. The molecule has 4 rings (SSSR count). The van der Waals surface area contributed by atoms with Crippen LogP contribution in [-0.2, 0) is 29.5 Å². The van der Waals surface area contributed by atoms with E-state index in [1.165, 1.54) is 0 Å². The van der Waals surface area contributed by atoms with Gasteiger partial charge in [0, 0.05) is 36.4 Å². The van der Waals surface area contributed by atoms with Gasteiger partial charge in [-0.2, -0.15) is 9.40 Å². The van der Waals surface area contributed by atoms with Crippen molar-refractivity contribution in [2.45, 2.75) is 45.2 Å². The quantitative estimate of drug-likeness (QED) is 0.444. The maximum absolute atomic E-state index is 13.6. The molecule has 0 saturated carbocycles. The van der Waals surface area contributed by atoms with Crippen molar-refractivity contribution < 1.29 is 8.42 Å². The third-order valence-corrected chi connectivity index (χ3v) is 7.62. The fourth-order valence-electron chi connectivity index (χ4n) is 3.74. The number of fused-ring (bicyclic) bond motifs is 1. The summed E-state index contributed by atoms with van der Waals surface area (Å²) in [6.07, 6.45) is 4.47. The Kier molecular flexibility index (Phi) is 5.98. The van der Waals surface area contributed by atoms with Gasteiger partial charge in [-0.15, -0.1) is 0 Å². The minimum absolute atomic E-state index is 0.241. The van der Waals surface area contributed by atoms with E-state index < -0.39 is 10.0 Å². The molecule has 1 N–H and O–H groups in total. The van der Waals surface area contributed by atoms with E-state index >= 15 is 0 Å². The van der Waals surface area contributed by atoms with Crippen molar-refractivity contribution in [1.29, 1.82) is 0 Å². The molecule has 2 aromatic heterocycles. The van der Waals surface area contributed by atoms with Crippen LogP contribution in [0.3, 0.4) is 0 Å². The Morgan fingerprint density at radius 3 is 2.61 bits per heavy atom. The lowest BCUT2D eigenvalue weighted by atomic mass is 10.1. The molecule has 0 saturated heterocycles. The maximum atomic E-state index is 13.6. The summed E-state index contributed by atoms with van der Waals surface area (Å²) in [6, 6.07) is 15.3. The van der Waals surface area contributed by atoms with Crippen molar-refractivity contribution in [2.24, 2.45) is 0 Å². The van der Waals surface area contributed by atoms with Gasteiger partial charge < -0.3 is 4.98 Å². The highest BCUT2D eigenvalue weighted by atomic mass is 32.2. The van der Waals surface area contributed by atoms with Crippen LogP contribution in [0.1, 0.15) is 29.3 Å². The van der Waals surface area contributed by atoms with E-state index in [-0.39, 0.29) is 6.54 Å². The Morgan fingerprint density at radius 1 is 1.06 bits per heavy atom. The molecule has 0 radical (unpaired) electrons. The van der Waals surface area contributed by atoms with Crippen LogP contribution < -0.4 is 0 Å². The number of hydrogen-bond acceptors (Lipinski definition) is 3. The van der Waals surface area contributed by atoms with Gasteiger partial charge in [-0.25, -0.2) is 8.42 Å². The molecule has 0 unspecified atom stereocenters. The Labute approximate surface area is 183 Å². The first kappa shape index (κ1) is 21.3. The summed E-state index contributed by atoms with van der Waals surface area (Å²) in [5.74, 6) is 0. The van der Waals surface area contributed by atoms with Crippen molar-refractivity contribution in [1.82, 2.24) is 19.1 Å². The van der Waals surface area contributed by atoms with Crippen molar-refractivity contribution in [3.8, 4) is 0 Å². The second-order valence-electron chi connectivity index (χ2n) is 7.86. The number of rotatable bonds is 8. The molecule has 0 atom stereocenters. The molecule has 4 aromatic rings. The predicted octanol–water partition coefficient (Wildman–Crippen LogP) is 4.43. The van der Waals surface area contributed by atoms with Crippen LogP contribution in [0.2, 0.25) is 0 Å². The number of aromatic nitrogens is 3. The highest BCUT2D eigenvalue weighted by Crippen LogP contribution is 2.23. The summed E-state index contributed by atoms with van der Waals surface area (Å²) < 4.78 is 30.5. The molecule has 0 spiro atoms. The second-order valence-corrected chi connectivity index (χ2v) is 9.79. The van der Waals surface area contributed by atoms with E-state index in [0.29, 0.717) is 17.9 Å². The summed E-state index contributed by atoms with van der Waals surface area (Å²) >= 11 is 0. The van der Waals surface area contributed by atoms with Gasteiger partial charge >= 0.3 is 0 Å². The molecule has 162 valence electrons. The van der Waals surface area contributed by atoms with Crippen LogP contribution in [-0.4, -0.2) is 34.0 Å². The van der Waals surface area contributed by atoms with Gasteiger partial charge in [-0.05, 0) is 68.1 Å². The Bertz CT molecular complexity index is 1300. The van der Waals surface area contributed by atoms with Crippen LogP contribution in [0, 0.1) is 13.8 Å². The van der Waals surface area contributed by atoms with Gasteiger partial charge in [-0.1, -0.05) is 24.3 Å². The Balaban J connectivity index is 1.65. The van der Waals surface area contributed by atoms with Crippen molar-refractivity contribution in [2.75, 3.05) is 6.54 Å². The highest BCUT2D eigenvalue weighted by Gasteiger charge is 2.26. The van der Waals surface area contributed by atoms with Gasteiger partial charge in [-0.3, -0.25) is 4.68 Å². The van der Waals surface area contributed by atoms with E-state index in [1.807, 2.05) is 68.2 Å². The molecule has 0 fully saturated rings. The standard InChI is InChI=1S/C24H28N4O2S/c1-4-27-13-12-21(26-27)17-28(31(29,30)22-10-9-18(2)19(3)15-22)14-11-20-16-25-24-8-6-5-7-23(20)24/h5-10,12-13,15-16,25H,4,11,14,17H2,1-3H3. The van der Waals surface area contributed by atoms with Gasteiger partial charge in [0.05, 0.1) is 17.1 Å². The first-order valence-electron chi connectivity index (χ1n) is 10.5. The number of sulfonamides is 1. The lowest BCUT2D eigenvalue weighted by molar-refractivity contribution is 0.403. The lowest BCUT2D eigenvalue weighted by Gasteiger charge is -2.22. The fraction of sp³-hybridized carbons (Fsp3) is 0.292. The normalized spacial score (nSPS) is 12.1. The van der Waals surface area contributed by atoms with E-state index in [1.54, 1.807) is 16.4 Å². The van der Waals surface area contributed by atoms with Gasteiger partial charge in [0.25, 0.3) is 0 Å². The minimum atomic E-state index is -3.67. The molecule has 2 heterocycles. The molecule has 6 nitrogen and oxygen atoms in total. The summed E-state index contributed by atoms with van der Waals surface area (Å²) in [4.78, 5) is 3.60. The lowest BCUT2D eigenvalue weighted by Crippen LogP contribution is -2.33. The van der Waals surface area contributed by atoms with Gasteiger partial charge in [0.2, 0.25) is 10.0 Å². The Hall–Kier alpha value is -2.90. The fourth-order valence-corrected chi connectivity index (χ4v) is 5.23. The second kappa shape index (κ2) is 8.69. The van der Waals surface area contributed by atoms with Gasteiger partial charge in [0.1, 0.15) is 0 Å². The Morgan fingerprint density at radius 2 is 1.87 bits per heavy atom. The molecular formula is C24H28N4O2S. The third-order valence-electron chi connectivity index (χ3n) is 5.78. The highest BCUT2D eigenvalue weighted by molar-refractivity contribution is 7.89. The zero-order chi connectivity index (χ0) is 22.0. The zero-order valence-corrected chi connectivity index (χ0v) is 19.0. The summed E-state index contributed by atoms with van der Waals surface area (Å²) in [5.41, 5.74) is 4.95. The smallest absolute Gasteiger partial charge is 0.243 e.